The third-order valence-corrected chi connectivity index (χ3v) is 3.35. The lowest BCUT2D eigenvalue weighted by Gasteiger charge is -2.14. The summed E-state index contributed by atoms with van der Waals surface area (Å²) in [6, 6.07) is 17.2. The van der Waals surface area contributed by atoms with E-state index in [0.717, 1.165) is 12.3 Å². The standard InChI is InChI=1S/C17H21NO/c1-13-4-8-16(9-5-13)14(2)18-12-15-6-10-17(19-3)11-7-15/h4-11,14,18H,12H2,1-3H3/t14-/m1/s1. The molecule has 2 nitrogen and oxygen atoms in total. The van der Waals surface area contributed by atoms with E-state index in [2.05, 4.69) is 55.6 Å². The smallest absolute Gasteiger partial charge is 0.118 e. The number of benzene rings is 2. The van der Waals surface area contributed by atoms with Crippen LogP contribution in [-0.2, 0) is 6.54 Å². The molecule has 0 saturated carbocycles. The fraction of sp³-hybridized carbons (Fsp3) is 0.294. The van der Waals surface area contributed by atoms with Crippen LogP contribution in [0.15, 0.2) is 48.5 Å². The molecule has 0 unspecified atom stereocenters. The van der Waals surface area contributed by atoms with Crippen LogP contribution in [0.4, 0.5) is 0 Å². The lowest BCUT2D eigenvalue weighted by Crippen LogP contribution is -2.17. The van der Waals surface area contributed by atoms with Gasteiger partial charge in [0.2, 0.25) is 0 Å². The lowest BCUT2D eigenvalue weighted by atomic mass is 10.1. The molecule has 0 bridgehead atoms. The van der Waals surface area contributed by atoms with Gasteiger partial charge in [0, 0.05) is 12.6 Å². The fourth-order valence-corrected chi connectivity index (χ4v) is 1.99. The number of hydrogen-bond acceptors (Lipinski definition) is 2. The second-order valence-corrected chi connectivity index (χ2v) is 4.86. The minimum Gasteiger partial charge on any atom is -0.497 e. The Hall–Kier alpha value is -1.80. The highest BCUT2D eigenvalue weighted by Gasteiger charge is 2.04. The minimum atomic E-state index is 0.350. The van der Waals surface area contributed by atoms with Crippen molar-refractivity contribution in [2.45, 2.75) is 26.4 Å². The van der Waals surface area contributed by atoms with Gasteiger partial charge in [-0.2, -0.15) is 0 Å². The zero-order chi connectivity index (χ0) is 13.7. The van der Waals surface area contributed by atoms with Gasteiger partial charge in [0.25, 0.3) is 0 Å². The van der Waals surface area contributed by atoms with Gasteiger partial charge in [-0.3, -0.25) is 0 Å². The van der Waals surface area contributed by atoms with Gasteiger partial charge in [-0.05, 0) is 37.1 Å². The van der Waals surface area contributed by atoms with E-state index in [1.54, 1.807) is 7.11 Å². The molecule has 100 valence electrons. The molecule has 0 spiro atoms. The zero-order valence-electron chi connectivity index (χ0n) is 11.8. The number of aryl methyl sites for hydroxylation is 1. The van der Waals surface area contributed by atoms with Crippen LogP contribution in [0.3, 0.4) is 0 Å². The molecule has 0 aliphatic carbocycles. The van der Waals surface area contributed by atoms with E-state index in [1.807, 2.05) is 12.1 Å². The molecular formula is C17H21NO. The van der Waals surface area contributed by atoms with Crippen LogP contribution in [0.1, 0.15) is 29.7 Å². The lowest BCUT2D eigenvalue weighted by molar-refractivity contribution is 0.414. The minimum absolute atomic E-state index is 0.350. The monoisotopic (exact) mass is 255 g/mol. The Balaban J connectivity index is 1.92. The predicted octanol–water partition coefficient (Wildman–Crippen LogP) is 3.85. The van der Waals surface area contributed by atoms with E-state index in [1.165, 1.54) is 16.7 Å². The first-order valence-corrected chi connectivity index (χ1v) is 6.62. The summed E-state index contributed by atoms with van der Waals surface area (Å²) < 4.78 is 5.15. The van der Waals surface area contributed by atoms with Gasteiger partial charge in [-0.25, -0.2) is 0 Å². The summed E-state index contributed by atoms with van der Waals surface area (Å²) in [6.07, 6.45) is 0. The first kappa shape index (κ1) is 13.6. The Kier molecular flexibility index (Phi) is 4.58. The average Bonchev–Trinajstić information content (AvgIpc) is 2.46. The van der Waals surface area contributed by atoms with Crippen molar-refractivity contribution in [2.75, 3.05) is 7.11 Å². The van der Waals surface area contributed by atoms with Crippen molar-refractivity contribution in [3.63, 3.8) is 0 Å². The summed E-state index contributed by atoms with van der Waals surface area (Å²) in [4.78, 5) is 0. The zero-order valence-corrected chi connectivity index (χ0v) is 11.8. The van der Waals surface area contributed by atoms with E-state index in [9.17, 15) is 0 Å². The van der Waals surface area contributed by atoms with Crippen LogP contribution in [0, 0.1) is 6.92 Å². The molecule has 1 N–H and O–H groups in total. The molecule has 2 aromatic rings. The van der Waals surface area contributed by atoms with Crippen molar-refractivity contribution in [2.24, 2.45) is 0 Å². The van der Waals surface area contributed by atoms with Crippen molar-refractivity contribution in [1.29, 1.82) is 0 Å². The molecule has 2 aromatic carbocycles. The molecule has 0 heterocycles. The fourth-order valence-electron chi connectivity index (χ4n) is 1.99. The summed E-state index contributed by atoms with van der Waals surface area (Å²) >= 11 is 0. The highest BCUT2D eigenvalue weighted by molar-refractivity contribution is 5.27. The second kappa shape index (κ2) is 6.39. The van der Waals surface area contributed by atoms with Gasteiger partial charge in [-0.1, -0.05) is 42.0 Å². The normalized spacial score (nSPS) is 12.2. The van der Waals surface area contributed by atoms with E-state index in [0.29, 0.717) is 6.04 Å². The van der Waals surface area contributed by atoms with Gasteiger partial charge in [-0.15, -0.1) is 0 Å². The molecular weight excluding hydrogens is 234 g/mol. The van der Waals surface area contributed by atoms with Crippen LogP contribution in [0.5, 0.6) is 5.75 Å². The van der Waals surface area contributed by atoms with Gasteiger partial charge in [0.05, 0.1) is 7.11 Å². The van der Waals surface area contributed by atoms with Gasteiger partial charge in [0.1, 0.15) is 5.75 Å². The summed E-state index contributed by atoms with van der Waals surface area (Å²) in [5, 5.41) is 3.53. The SMILES string of the molecule is COc1ccc(CN[C@H](C)c2ccc(C)cc2)cc1. The number of methoxy groups -OCH3 is 1. The number of ether oxygens (including phenoxy) is 1. The maximum absolute atomic E-state index is 5.15. The third kappa shape index (κ3) is 3.83. The quantitative estimate of drug-likeness (QED) is 0.876. The van der Waals surface area contributed by atoms with Crippen molar-refractivity contribution in [3.8, 4) is 5.75 Å². The van der Waals surface area contributed by atoms with E-state index < -0.39 is 0 Å². The maximum atomic E-state index is 5.15. The topological polar surface area (TPSA) is 21.3 Å². The summed E-state index contributed by atoms with van der Waals surface area (Å²) in [5.74, 6) is 0.898. The Morgan fingerprint density at radius 2 is 1.63 bits per heavy atom. The largest absolute Gasteiger partial charge is 0.497 e. The summed E-state index contributed by atoms with van der Waals surface area (Å²) in [6.45, 7) is 5.16. The van der Waals surface area contributed by atoms with Crippen LogP contribution >= 0.6 is 0 Å². The first-order chi connectivity index (χ1) is 9.19. The number of rotatable bonds is 5. The molecule has 1 atom stereocenters. The predicted molar refractivity (Wildman–Crippen MR) is 79.4 cm³/mol. The Labute approximate surface area is 115 Å². The molecule has 0 fully saturated rings. The number of hydrogen-bond donors (Lipinski definition) is 1. The van der Waals surface area contributed by atoms with Crippen molar-refractivity contribution in [1.82, 2.24) is 5.32 Å². The summed E-state index contributed by atoms with van der Waals surface area (Å²) in [7, 11) is 1.69. The van der Waals surface area contributed by atoms with Crippen molar-refractivity contribution >= 4 is 0 Å². The van der Waals surface area contributed by atoms with Crippen LogP contribution < -0.4 is 10.1 Å². The highest BCUT2D eigenvalue weighted by atomic mass is 16.5. The van der Waals surface area contributed by atoms with Crippen LogP contribution in [0.2, 0.25) is 0 Å². The molecule has 0 aliphatic heterocycles. The van der Waals surface area contributed by atoms with E-state index in [4.69, 9.17) is 4.74 Å². The number of nitrogens with one attached hydrogen (secondary N) is 1. The van der Waals surface area contributed by atoms with E-state index in [-0.39, 0.29) is 0 Å². The van der Waals surface area contributed by atoms with E-state index >= 15 is 0 Å². The average molecular weight is 255 g/mol. The third-order valence-electron chi connectivity index (χ3n) is 3.35. The Bertz CT molecular complexity index is 502. The Morgan fingerprint density at radius 3 is 2.21 bits per heavy atom. The van der Waals surface area contributed by atoms with Gasteiger partial charge >= 0.3 is 0 Å². The molecule has 2 rings (SSSR count). The first-order valence-electron chi connectivity index (χ1n) is 6.62. The molecule has 19 heavy (non-hydrogen) atoms. The Morgan fingerprint density at radius 1 is 1.00 bits per heavy atom. The summed E-state index contributed by atoms with van der Waals surface area (Å²) in [5.41, 5.74) is 3.88. The van der Waals surface area contributed by atoms with Crippen LogP contribution in [-0.4, -0.2) is 7.11 Å². The van der Waals surface area contributed by atoms with Gasteiger partial charge in [0.15, 0.2) is 0 Å². The van der Waals surface area contributed by atoms with Crippen LogP contribution in [0.25, 0.3) is 0 Å². The maximum Gasteiger partial charge on any atom is 0.118 e. The van der Waals surface area contributed by atoms with Crippen molar-refractivity contribution < 1.29 is 4.74 Å². The molecule has 0 saturated heterocycles. The molecule has 0 amide bonds. The van der Waals surface area contributed by atoms with Gasteiger partial charge < -0.3 is 10.1 Å². The second-order valence-electron chi connectivity index (χ2n) is 4.86. The molecule has 0 aliphatic rings. The highest BCUT2D eigenvalue weighted by Crippen LogP contribution is 2.15. The van der Waals surface area contributed by atoms with Crippen molar-refractivity contribution in [3.05, 3.63) is 65.2 Å². The molecule has 0 radical (unpaired) electrons. The molecule has 2 heteroatoms. The molecule has 0 aromatic heterocycles.